The zero-order valence-electron chi connectivity index (χ0n) is 19.0. The molecule has 0 heterocycles. The normalized spacial score (nSPS) is 14.1. The third-order valence-corrected chi connectivity index (χ3v) is 9.18. The first-order valence-electron chi connectivity index (χ1n) is 10.9. The van der Waals surface area contributed by atoms with E-state index in [-0.39, 0.29) is 0 Å². The molecule has 35 heavy (non-hydrogen) atoms. The Balaban J connectivity index is 1.50. The molecule has 7 heteroatoms. The van der Waals surface area contributed by atoms with Crippen molar-refractivity contribution in [2.24, 2.45) is 0 Å². The maximum Gasteiger partial charge on any atom is 0.371 e. The van der Waals surface area contributed by atoms with E-state index in [2.05, 4.69) is 18.2 Å². The summed E-state index contributed by atoms with van der Waals surface area (Å²) in [5.41, 5.74) is 1.87. The van der Waals surface area contributed by atoms with Crippen LogP contribution in [-0.4, -0.2) is 0 Å². The molecule has 0 saturated heterocycles. The molecule has 2 unspecified atom stereocenters. The van der Waals surface area contributed by atoms with Crippen LogP contribution in [0.5, 0.6) is 11.5 Å². The first-order valence-corrected chi connectivity index (χ1v) is 14.2. The fourth-order valence-corrected chi connectivity index (χ4v) is 6.39. The summed E-state index contributed by atoms with van der Waals surface area (Å²) >= 11 is 0. The van der Waals surface area contributed by atoms with Gasteiger partial charge in [-0.25, -0.2) is 4.57 Å². The maximum atomic E-state index is 13.4. The van der Waals surface area contributed by atoms with Crippen molar-refractivity contribution in [2.75, 3.05) is 0 Å². The fraction of sp³-hybridized carbons (Fsp3) is 0. The van der Waals surface area contributed by atoms with Crippen LogP contribution >= 0.6 is 14.9 Å². The summed E-state index contributed by atoms with van der Waals surface area (Å²) in [6.07, 6.45) is 1.37. The highest BCUT2D eigenvalue weighted by Crippen LogP contribution is 2.47. The molecular formula is C28H25NO4P2. The predicted molar refractivity (Wildman–Crippen MR) is 144 cm³/mol. The van der Waals surface area contributed by atoms with E-state index < -0.39 is 14.9 Å². The van der Waals surface area contributed by atoms with Crippen LogP contribution < -0.4 is 24.7 Å². The average Bonchev–Trinajstić information content (AvgIpc) is 2.91. The second-order valence-electron chi connectivity index (χ2n) is 7.57. The quantitative estimate of drug-likeness (QED) is 0.235. The number of hydrogen-bond acceptors (Lipinski definition) is 4. The van der Waals surface area contributed by atoms with Gasteiger partial charge in [-0.1, -0.05) is 73.8 Å². The Labute approximate surface area is 205 Å². The van der Waals surface area contributed by atoms with Crippen molar-refractivity contribution in [1.29, 1.82) is 0 Å². The molecule has 1 N–H and O–H groups in total. The van der Waals surface area contributed by atoms with E-state index in [9.17, 15) is 9.13 Å². The van der Waals surface area contributed by atoms with E-state index in [0.717, 1.165) is 11.1 Å². The highest BCUT2D eigenvalue weighted by molar-refractivity contribution is 7.70. The van der Waals surface area contributed by atoms with Crippen molar-refractivity contribution in [2.45, 2.75) is 0 Å². The zero-order chi connectivity index (χ0) is 24.7. The van der Waals surface area contributed by atoms with Crippen LogP contribution in [0.25, 0.3) is 11.1 Å². The molecule has 0 radical (unpaired) electrons. The minimum Gasteiger partial charge on any atom is -0.437 e. The predicted octanol–water partition coefficient (Wildman–Crippen LogP) is 7.11. The Kier molecular flexibility index (Phi) is 7.41. The lowest BCUT2D eigenvalue weighted by Gasteiger charge is -2.19. The highest BCUT2D eigenvalue weighted by Gasteiger charge is 2.26. The molecule has 4 aromatic carbocycles. The molecule has 0 aliphatic heterocycles. The number of benzene rings is 4. The summed E-state index contributed by atoms with van der Waals surface area (Å²) < 4.78 is 38.3. The SMILES string of the molecule is C=CNP(=O)(Oc1ccc(-c2ccc(OP(=O)(C=C)c3ccccc3)cc2)cc1)c1ccccc1. The van der Waals surface area contributed by atoms with Crippen molar-refractivity contribution in [3.05, 3.63) is 134 Å². The molecule has 176 valence electrons. The minimum atomic E-state index is -3.36. The maximum absolute atomic E-state index is 13.4. The van der Waals surface area contributed by atoms with Crippen molar-refractivity contribution < 1.29 is 18.2 Å². The highest BCUT2D eigenvalue weighted by atomic mass is 31.2. The number of rotatable bonds is 10. The smallest absolute Gasteiger partial charge is 0.371 e. The van der Waals surface area contributed by atoms with E-state index in [1.807, 2.05) is 48.5 Å². The molecule has 0 bridgehead atoms. The second-order valence-corrected chi connectivity index (χ2v) is 11.9. The Hall–Kier alpha value is -3.78. The average molecular weight is 501 g/mol. The van der Waals surface area contributed by atoms with E-state index >= 15 is 0 Å². The van der Waals surface area contributed by atoms with Crippen LogP contribution in [0.15, 0.2) is 134 Å². The Bertz CT molecular complexity index is 1390. The van der Waals surface area contributed by atoms with Gasteiger partial charge in [0.25, 0.3) is 7.37 Å². The molecule has 0 spiro atoms. The van der Waals surface area contributed by atoms with Gasteiger partial charge in [-0.05, 0) is 65.9 Å². The van der Waals surface area contributed by atoms with Gasteiger partial charge < -0.3 is 14.1 Å². The second kappa shape index (κ2) is 10.7. The van der Waals surface area contributed by atoms with Gasteiger partial charge in [0.2, 0.25) is 0 Å². The van der Waals surface area contributed by atoms with E-state index in [1.54, 1.807) is 60.7 Å². The number of nitrogens with one attached hydrogen (secondary N) is 1. The lowest BCUT2D eigenvalue weighted by molar-refractivity contribution is 0.486. The first-order chi connectivity index (χ1) is 17.0. The molecular weight excluding hydrogens is 476 g/mol. The summed E-state index contributed by atoms with van der Waals surface area (Å²) in [6.45, 7) is 7.33. The van der Waals surface area contributed by atoms with Crippen molar-refractivity contribution in [3.63, 3.8) is 0 Å². The van der Waals surface area contributed by atoms with E-state index in [4.69, 9.17) is 9.05 Å². The van der Waals surface area contributed by atoms with E-state index in [1.165, 1.54) is 12.0 Å². The van der Waals surface area contributed by atoms with Gasteiger partial charge in [-0.15, -0.1) is 0 Å². The molecule has 4 aromatic rings. The van der Waals surface area contributed by atoms with Crippen molar-refractivity contribution >= 4 is 25.5 Å². The van der Waals surface area contributed by atoms with Gasteiger partial charge in [-0.2, -0.15) is 0 Å². The lowest BCUT2D eigenvalue weighted by Crippen LogP contribution is -2.19. The van der Waals surface area contributed by atoms with Crippen LogP contribution in [0.2, 0.25) is 0 Å². The monoisotopic (exact) mass is 501 g/mol. The Morgan fingerprint density at radius 1 is 0.600 bits per heavy atom. The van der Waals surface area contributed by atoms with Crippen LogP contribution in [0.3, 0.4) is 0 Å². The lowest BCUT2D eigenvalue weighted by atomic mass is 10.1. The summed E-state index contributed by atoms with van der Waals surface area (Å²) in [5.74, 6) is 2.31. The molecule has 0 aliphatic rings. The minimum absolute atomic E-state index is 0.463. The number of hydrogen-bond donors (Lipinski definition) is 1. The molecule has 0 amide bonds. The molecule has 0 saturated carbocycles. The Morgan fingerprint density at radius 2 is 1.06 bits per heavy atom. The van der Waals surface area contributed by atoms with Gasteiger partial charge in [0, 0.05) is 5.82 Å². The summed E-state index contributed by atoms with van der Waals surface area (Å²) in [4.78, 5) is 0. The molecule has 0 fully saturated rings. The van der Waals surface area contributed by atoms with E-state index in [0.29, 0.717) is 22.1 Å². The Morgan fingerprint density at radius 3 is 1.51 bits per heavy atom. The van der Waals surface area contributed by atoms with Gasteiger partial charge in [0.15, 0.2) is 0 Å². The largest absolute Gasteiger partial charge is 0.437 e. The first kappa shape index (κ1) is 24.3. The molecule has 0 aliphatic carbocycles. The summed E-state index contributed by atoms with van der Waals surface area (Å²) in [6, 6.07) is 32.6. The summed E-state index contributed by atoms with van der Waals surface area (Å²) in [5, 5.41) is 3.90. The van der Waals surface area contributed by atoms with Crippen LogP contribution in [0.1, 0.15) is 0 Å². The van der Waals surface area contributed by atoms with Crippen molar-refractivity contribution in [3.8, 4) is 22.6 Å². The third-order valence-electron chi connectivity index (χ3n) is 5.23. The van der Waals surface area contributed by atoms with Gasteiger partial charge in [-0.3, -0.25) is 4.57 Å². The van der Waals surface area contributed by atoms with Crippen LogP contribution in [0.4, 0.5) is 0 Å². The fourth-order valence-electron chi connectivity index (χ4n) is 3.45. The van der Waals surface area contributed by atoms with Crippen LogP contribution in [-0.2, 0) is 9.13 Å². The van der Waals surface area contributed by atoms with Gasteiger partial charge in [0.05, 0.1) is 10.6 Å². The standard InChI is InChI=1S/C28H25NO4P2/c1-3-29-35(31,28-13-9-6-10-14-28)33-26-21-17-24(18-22-26)23-15-19-25(20-16-23)32-34(30,4-2)27-11-7-5-8-12-27/h3-22H,1-2H2,(H,29,31). The third kappa shape index (κ3) is 5.66. The van der Waals surface area contributed by atoms with Crippen LogP contribution in [0, 0.1) is 0 Å². The topological polar surface area (TPSA) is 64.6 Å². The molecule has 2 atom stereocenters. The summed E-state index contributed by atoms with van der Waals surface area (Å²) in [7, 11) is -6.57. The van der Waals surface area contributed by atoms with Gasteiger partial charge in [0.1, 0.15) is 11.5 Å². The van der Waals surface area contributed by atoms with Gasteiger partial charge >= 0.3 is 7.52 Å². The van der Waals surface area contributed by atoms with Crippen molar-refractivity contribution in [1.82, 2.24) is 5.09 Å². The zero-order valence-corrected chi connectivity index (χ0v) is 20.8. The molecule has 0 aromatic heterocycles. The molecule has 5 nitrogen and oxygen atoms in total. The molecule has 4 rings (SSSR count).